The molecular weight excluding hydrogens is 290 g/mol. The number of H-pyrrole nitrogens is 1. The number of aromatic nitrogens is 2. The summed E-state index contributed by atoms with van der Waals surface area (Å²) in [5.74, 6) is 1.01. The van der Waals surface area contributed by atoms with E-state index in [1.165, 1.54) is 0 Å². The van der Waals surface area contributed by atoms with Crippen LogP contribution in [0.15, 0.2) is 28.7 Å². The van der Waals surface area contributed by atoms with Gasteiger partial charge in [0.25, 0.3) is 0 Å². The van der Waals surface area contributed by atoms with Gasteiger partial charge in [0.1, 0.15) is 5.82 Å². The smallest absolute Gasteiger partial charge is 0.107 e. The van der Waals surface area contributed by atoms with Crippen LogP contribution in [0, 0.1) is 6.92 Å². The first-order valence-electron chi connectivity index (χ1n) is 6.13. The van der Waals surface area contributed by atoms with Crippen molar-refractivity contribution in [2.75, 3.05) is 0 Å². The lowest BCUT2D eigenvalue weighted by Gasteiger charge is -2.01. The van der Waals surface area contributed by atoms with Crippen LogP contribution < -0.4 is 5.73 Å². The van der Waals surface area contributed by atoms with E-state index >= 15 is 0 Å². The number of halogens is 1. The summed E-state index contributed by atoms with van der Waals surface area (Å²) in [4.78, 5) is 8.00. The molecule has 0 bridgehead atoms. The highest BCUT2D eigenvalue weighted by Gasteiger charge is 2.09. The molecule has 1 aromatic heterocycles. The summed E-state index contributed by atoms with van der Waals surface area (Å²) in [6, 6.07) is 8.41. The fourth-order valence-corrected chi connectivity index (χ4v) is 2.32. The maximum atomic E-state index is 5.77. The molecule has 1 atom stereocenters. The summed E-state index contributed by atoms with van der Waals surface area (Å²) in [5.41, 5.74) is 9.03. The number of nitrogens with two attached hydrogens (primary N) is 1. The Hall–Kier alpha value is -1.13. The van der Waals surface area contributed by atoms with Gasteiger partial charge in [-0.05, 0) is 32.4 Å². The Morgan fingerprint density at radius 2 is 2.22 bits per heavy atom. The summed E-state index contributed by atoms with van der Waals surface area (Å²) in [6.45, 7) is 4.07. The number of hydrogen-bond acceptors (Lipinski definition) is 2. The van der Waals surface area contributed by atoms with Crippen LogP contribution in [0.2, 0.25) is 0 Å². The molecule has 2 rings (SSSR count). The van der Waals surface area contributed by atoms with Crippen LogP contribution in [0.1, 0.15) is 24.9 Å². The molecule has 0 aliphatic rings. The molecule has 3 nitrogen and oxygen atoms in total. The molecule has 0 amide bonds. The molecule has 4 heteroatoms. The molecule has 0 saturated heterocycles. The van der Waals surface area contributed by atoms with E-state index in [2.05, 4.69) is 45.0 Å². The van der Waals surface area contributed by atoms with Crippen molar-refractivity contribution in [3.63, 3.8) is 0 Å². The van der Waals surface area contributed by atoms with Gasteiger partial charge in [-0.15, -0.1) is 0 Å². The van der Waals surface area contributed by atoms with Gasteiger partial charge in [0.05, 0.1) is 5.69 Å². The molecule has 18 heavy (non-hydrogen) atoms. The molecule has 0 fully saturated rings. The first kappa shape index (κ1) is 13.3. The average molecular weight is 308 g/mol. The third kappa shape index (κ3) is 3.21. The Bertz CT molecular complexity index is 532. The fourth-order valence-electron chi connectivity index (χ4n) is 1.92. The molecule has 1 unspecified atom stereocenters. The monoisotopic (exact) mass is 307 g/mol. The number of aryl methyl sites for hydroxylation is 2. The quantitative estimate of drug-likeness (QED) is 0.909. The van der Waals surface area contributed by atoms with Gasteiger partial charge < -0.3 is 10.7 Å². The van der Waals surface area contributed by atoms with Crippen LogP contribution in [-0.2, 0) is 6.42 Å². The summed E-state index contributed by atoms with van der Waals surface area (Å²) in [6.07, 6.45) is 1.84. The summed E-state index contributed by atoms with van der Waals surface area (Å²) in [5, 5.41) is 0. The predicted octanol–water partition coefficient (Wildman–Crippen LogP) is 3.43. The fraction of sp³-hybridized carbons (Fsp3) is 0.357. The second-order valence-corrected chi connectivity index (χ2v) is 5.60. The largest absolute Gasteiger partial charge is 0.346 e. The maximum absolute atomic E-state index is 5.77. The van der Waals surface area contributed by atoms with Crippen molar-refractivity contribution in [3.8, 4) is 11.3 Å². The zero-order valence-electron chi connectivity index (χ0n) is 10.7. The molecule has 96 valence electrons. The van der Waals surface area contributed by atoms with E-state index in [4.69, 9.17) is 5.73 Å². The van der Waals surface area contributed by atoms with Gasteiger partial charge in [0.15, 0.2) is 0 Å². The first-order valence-corrected chi connectivity index (χ1v) is 6.92. The van der Waals surface area contributed by atoms with Crippen molar-refractivity contribution in [2.24, 2.45) is 5.73 Å². The topological polar surface area (TPSA) is 54.7 Å². The van der Waals surface area contributed by atoms with Crippen molar-refractivity contribution in [3.05, 3.63) is 40.3 Å². The lowest BCUT2D eigenvalue weighted by atomic mass is 10.1. The maximum Gasteiger partial charge on any atom is 0.107 e. The van der Waals surface area contributed by atoms with Gasteiger partial charge in [0, 0.05) is 28.2 Å². The molecule has 0 aliphatic heterocycles. The van der Waals surface area contributed by atoms with Crippen LogP contribution in [-0.4, -0.2) is 16.0 Å². The molecule has 0 saturated carbocycles. The molecule has 1 heterocycles. The lowest BCUT2D eigenvalue weighted by molar-refractivity contribution is 0.651. The van der Waals surface area contributed by atoms with E-state index in [0.29, 0.717) is 0 Å². The third-order valence-corrected chi connectivity index (χ3v) is 3.36. The third-order valence-electron chi connectivity index (χ3n) is 2.87. The van der Waals surface area contributed by atoms with Crippen molar-refractivity contribution in [1.29, 1.82) is 0 Å². The van der Waals surface area contributed by atoms with Gasteiger partial charge in [0.2, 0.25) is 0 Å². The van der Waals surface area contributed by atoms with Crippen LogP contribution in [0.5, 0.6) is 0 Å². The van der Waals surface area contributed by atoms with Crippen LogP contribution in [0.25, 0.3) is 11.3 Å². The van der Waals surface area contributed by atoms with Crippen molar-refractivity contribution >= 4 is 15.9 Å². The number of benzene rings is 1. The minimum Gasteiger partial charge on any atom is -0.346 e. The highest BCUT2D eigenvalue weighted by molar-refractivity contribution is 9.10. The number of imidazole rings is 1. The predicted molar refractivity (Wildman–Crippen MR) is 78.4 cm³/mol. The Morgan fingerprint density at radius 1 is 1.44 bits per heavy atom. The first-order chi connectivity index (χ1) is 8.56. The van der Waals surface area contributed by atoms with E-state index in [0.717, 1.165) is 40.1 Å². The number of nitrogens with one attached hydrogen (secondary N) is 1. The summed E-state index contributed by atoms with van der Waals surface area (Å²) in [7, 11) is 0. The van der Waals surface area contributed by atoms with E-state index in [1.54, 1.807) is 0 Å². The highest BCUT2D eigenvalue weighted by Crippen LogP contribution is 2.24. The van der Waals surface area contributed by atoms with Crippen molar-refractivity contribution < 1.29 is 0 Å². The minimum absolute atomic E-state index is 0.213. The molecule has 3 N–H and O–H groups in total. The molecule has 2 aromatic rings. The van der Waals surface area contributed by atoms with Crippen LogP contribution in [0.4, 0.5) is 0 Å². The molecule has 0 radical (unpaired) electrons. The SMILES string of the molecule is Cc1[nH]c(CCC(C)N)nc1-c1cccc(Br)c1. The highest BCUT2D eigenvalue weighted by atomic mass is 79.9. The van der Waals surface area contributed by atoms with Gasteiger partial charge >= 0.3 is 0 Å². The van der Waals surface area contributed by atoms with Gasteiger partial charge in [-0.25, -0.2) is 4.98 Å². The number of aromatic amines is 1. The van der Waals surface area contributed by atoms with Gasteiger partial charge in [-0.2, -0.15) is 0 Å². The zero-order chi connectivity index (χ0) is 13.1. The number of hydrogen-bond donors (Lipinski definition) is 2. The standard InChI is InChI=1S/C14H18BrN3/c1-9(16)6-7-13-17-10(2)14(18-13)11-4-3-5-12(15)8-11/h3-5,8-9H,6-7,16H2,1-2H3,(H,17,18). The Balaban J connectivity index is 2.24. The number of rotatable bonds is 4. The van der Waals surface area contributed by atoms with E-state index in [-0.39, 0.29) is 6.04 Å². The van der Waals surface area contributed by atoms with Gasteiger partial charge in [-0.3, -0.25) is 0 Å². The van der Waals surface area contributed by atoms with E-state index in [1.807, 2.05) is 19.1 Å². The number of nitrogens with zero attached hydrogens (tertiary/aromatic N) is 1. The average Bonchev–Trinajstić information content (AvgIpc) is 2.68. The molecule has 0 spiro atoms. The van der Waals surface area contributed by atoms with Crippen LogP contribution >= 0.6 is 15.9 Å². The second-order valence-electron chi connectivity index (χ2n) is 4.68. The van der Waals surface area contributed by atoms with Gasteiger partial charge in [-0.1, -0.05) is 28.1 Å². The normalized spacial score (nSPS) is 12.7. The van der Waals surface area contributed by atoms with Crippen molar-refractivity contribution in [2.45, 2.75) is 32.7 Å². The Kier molecular flexibility index (Phi) is 4.19. The molecule has 0 aliphatic carbocycles. The van der Waals surface area contributed by atoms with E-state index in [9.17, 15) is 0 Å². The van der Waals surface area contributed by atoms with Crippen molar-refractivity contribution in [1.82, 2.24) is 9.97 Å². The lowest BCUT2D eigenvalue weighted by Crippen LogP contribution is -2.15. The summed E-state index contributed by atoms with van der Waals surface area (Å²) >= 11 is 3.49. The second kappa shape index (κ2) is 5.67. The molecule has 1 aromatic carbocycles. The Labute approximate surface area is 116 Å². The van der Waals surface area contributed by atoms with Crippen LogP contribution in [0.3, 0.4) is 0 Å². The minimum atomic E-state index is 0.213. The summed E-state index contributed by atoms with van der Waals surface area (Å²) < 4.78 is 1.07. The Morgan fingerprint density at radius 3 is 2.89 bits per heavy atom. The van der Waals surface area contributed by atoms with E-state index < -0.39 is 0 Å². The molecular formula is C14H18BrN3. The zero-order valence-corrected chi connectivity index (χ0v) is 12.3.